The molecule has 0 fully saturated rings. The molecule has 0 aliphatic rings. The van der Waals surface area contributed by atoms with E-state index in [1.54, 1.807) is 18.6 Å². The van der Waals surface area contributed by atoms with Crippen LogP contribution in [0, 0.1) is 6.92 Å². The molecule has 2 heterocycles. The van der Waals surface area contributed by atoms with E-state index < -0.39 is 0 Å². The van der Waals surface area contributed by atoms with E-state index in [1.165, 1.54) is 17.7 Å². The Hall–Kier alpha value is -1.70. The fraction of sp³-hybridized carbons (Fsp3) is 0.133. The predicted octanol–water partition coefficient (Wildman–Crippen LogP) is 4.68. The molecule has 0 saturated carbocycles. The minimum Gasteiger partial charge on any atom is -0.495 e. The van der Waals surface area contributed by atoms with Crippen LogP contribution in [-0.4, -0.2) is 23.0 Å². The van der Waals surface area contributed by atoms with E-state index in [1.807, 2.05) is 13.0 Å². The number of aryl methyl sites for hydroxylation is 1. The first-order valence-corrected chi connectivity index (χ1v) is 8.59. The van der Waals surface area contributed by atoms with Gasteiger partial charge in [-0.3, -0.25) is 4.79 Å². The third kappa shape index (κ3) is 3.04. The number of aromatic nitrogens is 2. The quantitative estimate of drug-likeness (QED) is 0.635. The maximum absolute atomic E-state index is 12.5. The lowest BCUT2D eigenvalue weighted by atomic mass is 10.2. The van der Waals surface area contributed by atoms with Gasteiger partial charge in [0.25, 0.3) is 5.91 Å². The zero-order chi connectivity index (χ0) is 16.6. The topological polar surface area (TPSA) is 64.1 Å². The molecule has 1 N–H and O–H groups in total. The van der Waals surface area contributed by atoms with E-state index in [2.05, 4.69) is 31.2 Å². The minimum absolute atomic E-state index is 0.255. The van der Waals surface area contributed by atoms with Gasteiger partial charge in [-0.05, 0) is 34.5 Å². The predicted molar refractivity (Wildman–Crippen MR) is 95.8 cm³/mol. The van der Waals surface area contributed by atoms with E-state index in [0.717, 1.165) is 10.0 Å². The molecule has 0 unspecified atom stereocenters. The number of nitrogens with zero attached hydrogens (tertiary/aromatic N) is 2. The van der Waals surface area contributed by atoms with Gasteiger partial charge in [0.2, 0.25) is 0 Å². The first-order chi connectivity index (χ1) is 11.0. The lowest BCUT2D eigenvalue weighted by Crippen LogP contribution is -2.12. The molecular formula is C15H11BrClN3O2S. The minimum atomic E-state index is -0.255. The summed E-state index contributed by atoms with van der Waals surface area (Å²) in [6.45, 7) is 1.93. The molecule has 0 atom stereocenters. The van der Waals surface area contributed by atoms with Crippen molar-refractivity contribution < 1.29 is 9.53 Å². The average Bonchev–Trinajstić information content (AvgIpc) is 2.96. The highest BCUT2D eigenvalue weighted by molar-refractivity contribution is 9.10. The van der Waals surface area contributed by atoms with Crippen LogP contribution in [0.15, 0.2) is 28.3 Å². The first kappa shape index (κ1) is 16.2. The van der Waals surface area contributed by atoms with Crippen LogP contribution in [-0.2, 0) is 0 Å². The summed E-state index contributed by atoms with van der Waals surface area (Å²) in [6.07, 6.45) is 1.35. The van der Waals surface area contributed by atoms with E-state index >= 15 is 0 Å². The smallest absolute Gasteiger partial charge is 0.258 e. The van der Waals surface area contributed by atoms with Gasteiger partial charge in [0.1, 0.15) is 17.2 Å². The molecule has 0 saturated heterocycles. The van der Waals surface area contributed by atoms with Crippen LogP contribution >= 0.6 is 38.9 Å². The number of carbonyl (C=O) groups is 1. The van der Waals surface area contributed by atoms with E-state index in [4.69, 9.17) is 16.3 Å². The van der Waals surface area contributed by atoms with Crippen LogP contribution in [0.3, 0.4) is 0 Å². The molecule has 23 heavy (non-hydrogen) atoms. The number of thiophene rings is 1. The molecule has 0 radical (unpaired) electrons. The van der Waals surface area contributed by atoms with Crippen LogP contribution < -0.4 is 10.1 Å². The number of carbonyl (C=O) groups excluding carboxylic acids is 1. The molecule has 8 heteroatoms. The maximum Gasteiger partial charge on any atom is 0.258 e. The molecule has 5 nitrogen and oxygen atoms in total. The van der Waals surface area contributed by atoms with Gasteiger partial charge in [0.05, 0.1) is 27.4 Å². The maximum atomic E-state index is 12.5. The van der Waals surface area contributed by atoms with Gasteiger partial charge in [-0.1, -0.05) is 11.6 Å². The number of fused-ring (bicyclic) bond motifs is 1. The Labute approximate surface area is 149 Å². The van der Waals surface area contributed by atoms with Gasteiger partial charge in [-0.2, -0.15) is 0 Å². The lowest BCUT2D eigenvalue weighted by Gasteiger charge is -2.11. The number of hydrogen-bond acceptors (Lipinski definition) is 5. The van der Waals surface area contributed by atoms with Gasteiger partial charge in [-0.15, -0.1) is 11.3 Å². The number of methoxy groups -OCH3 is 1. The molecule has 0 bridgehead atoms. The number of benzene rings is 1. The highest BCUT2D eigenvalue weighted by Crippen LogP contribution is 2.33. The summed E-state index contributed by atoms with van der Waals surface area (Å²) in [5.41, 5.74) is 2.62. The van der Waals surface area contributed by atoms with E-state index in [9.17, 15) is 4.79 Å². The molecule has 2 aromatic heterocycles. The van der Waals surface area contributed by atoms with Gasteiger partial charge in [0.15, 0.2) is 0 Å². The van der Waals surface area contributed by atoms with Crippen LogP contribution in [0.2, 0.25) is 5.15 Å². The monoisotopic (exact) mass is 411 g/mol. The van der Waals surface area contributed by atoms with Gasteiger partial charge in [-0.25, -0.2) is 9.97 Å². The standard InChI is InChI=1S/C15H11BrClN3O2S/c1-7-3-8(4-10(22-2)11(7)16)20-15(21)9-5-23-13-12(9)18-6-19-14(13)17/h3-6H,1-2H3,(H,20,21). The number of ether oxygens (including phenoxy) is 1. The summed E-state index contributed by atoms with van der Waals surface area (Å²) in [4.78, 5) is 20.6. The highest BCUT2D eigenvalue weighted by atomic mass is 79.9. The molecule has 3 rings (SSSR count). The largest absolute Gasteiger partial charge is 0.495 e. The van der Waals surface area contributed by atoms with Crippen molar-refractivity contribution in [2.24, 2.45) is 0 Å². The summed E-state index contributed by atoms with van der Waals surface area (Å²) in [5, 5.41) is 4.94. The average molecular weight is 413 g/mol. The number of anilines is 1. The van der Waals surface area contributed by atoms with Gasteiger partial charge >= 0.3 is 0 Å². The van der Waals surface area contributed by atoms with Crippen molar-refractivity contribution in [1.29, 1.82) is 0 Å². The van der Waals surface area contributed by atoms with E-state index in [-0.39, 0.29) is 5.91 Å². The fourth-order valence-electron chi connectivity index (χ4n) is 2.14. The molecule has 0 aliphatic heterocycles. The van der Waals surface area contributed by atoms with Crippen LogP contribution in [0.1, 0.15) is 15.9 Å². The Balaban J connectivity index is 1.95. The Bertz CT molecular complexity index is 913. The first-order valence-electron chi connectivity index (χ1n) is 6.54. The summed E-state index contributed by atoms with van der Waals surface area (Å²) in [7, 11) is 1.58. The summed E-state index contributed by atoms with van der Waals surface area (Å²) >= 11 is 10.8. The van der Waals surface area contributed by atoms with Crippen molar-refractivity contribution in [2.75, 3.05) is 12.4 Å². The second kappa shape index (κ2) is 6.43. The third-order valence-electron chi connectivity index (χ3n) is 3.25. The Morgan fingerprint density at radius 1 is 1.39 bits per heavy atom. The van der Waals surface area contributed by atoms with Crippen molar-refractivity contribution in [3.05, 3.63) is 44.6 Å². The third-order valence-corrected chi connectivity index (χ3v) is 5.64. The Morgan fingerprint density at radius 3 is 2.91 bits per heavy atom. The van der Waals surface area contributed by atoms with Crippen molar-refractivity contribution >= 4 is 60.7 Å². The summed E-state index contributed by atoms with van der Waals surface area (Å²) in [6, 6.07) is 3.62. The molecular weight excluding hydrogens is 402 g/mol. The number of hydrogen-bond donors (Lipinski definition) is 1. The highest BCUT2D eigenvalue weighted by Gasteiger charge is 2.17. The van der Waals surface area contributed by atoms with Crippen molar-refractivity contribution in [2.45, 2.75) is 6.92 Å². The Kier molecular flexibility index (Phi) is 4.52. The van der Waals surface area contributed by atoms with Crippen LogP contribution in [0.4, 0.5) is 5.69 Å². The second-order valence-corrected chi connectivity index (χ2v) is 6.79. The molecule has 1 aromatic carbocycles. The van der Waals surface area contributed by atoms with Crippen LogP contribution in [0.5, 0.6) is 5.75 Å². The molecule has 0 aliphatic carbocycles. The van der Waals surface area contributed by atoms with Crippen LogP contribution in [0.25, 0.3) is 10.2 Å². The molecule has 0 spiro atoms. The second-order valence-electron chi connectivity index (χ2n) is 4.76. The van der Waals surface area contributed by atoms with Crippen molar-refractivity contribution in [3.63, 3.8) is 0 Å². The van der Waals surface area contributed by atoms with Crippen molar-refractivity contribution in [1.82, 2.24) is 9.97 Å². The number of amides is 1. The molecule has 3 aromatic rings. The van der Waals surface area contributed by atoms with Gasteiger partial charge in [0, 0.05) is 17.1 Å². The zero-order valence-corrected chi connectivity index (χ0v) is 15.3. The number of rotatable bonds is 3. The normalized spacial score (nSPS) is 10.8. The summed E-state index contributed by atoms with van der Waals surface area (Å²) < 4.78 is 6.85. The number of halogens is 2. The van der Waals surface area contributed by atoms with E-state index in [0.29, 0.717) is 32.4 Å². The SMILES string of the molecule is COc1cc(NC(=O)c2csc3c(Cl)ncnc23)cc(C)c1Br. The molecule has 118 valence electrons. The zero-order valence-electron chi connectivity index (χ0n) is 12.2. The Morgan fingerprint density at radius 2 is 2.17 bits per heavy atom. The molecule has 1 amide bonds. The number of nitrogens with one attached hydrogen (secondary N) is 1. The lowest BCUT2D eigenvalue weighted by molar-refractivity contribution is 0.102. The van der Waals surface area contributed by atoms with Gasteiger partial charge < -0.3 is 10.1 Å². The van der Waals surface area contributed by atoms with Crippen molar-refractivity contribution in [3.8, 4) is 5.75 Å². The fourth-order valence-corrected chi connectivity index (χ4v) is 3.68. The summed E-state index contributed by atoms with van der Waals surface area (Å²) in [5.74, 6) is 0.399.